The van der Waals surface area contributed by atoms with E-state index in [9.17, 15) is 24.6 Å². The van der Waals surface area contributed by atoms with Crippen LogP contribution in [0.4, 0.5) is 11.4 Å². The van der Waals surface area contributed by atoms with Crippen molar-refractivity contribution in [2.24, 2.45) is 0 Å². The number of fused-ring (bicyclic) bond motifs is 2. The topological polar surface area (TPSA) is 107 Å². The molecule has 0 bridgehead atoms. The second-order valence-electron chi connectivity index (χ2n) is 11.0. The largest absolute Gasteiger partial charge is 0.506 e. The number of hydrogen-bond donors (Lipinski definition) is 2. The van der Waals surface area contributed by atoms with Crippen LogP contribution in [0.1, 0.15) is 56.1 Å². The van der Waals surface area contributed by atoms with Gasteiger partial charge in [0.2, 0.25) is 11.5 Å². The first-order valence-electron chi connectivity index (χ1n) is 12.8. The highest BCUT2D eigenvalue weighted by Gasteiger charge is 2.46. The highest BCUT2D eigenvalue weighted by molar-refractivity contribution is 6.24. The van der Waals surface area contributed by atoms with E-state index in [2.05, 4.69) is 4.90 Å². The van der Waals surface area contributed by atoms with Crippen molar-refractivity contribution in [2.45, 2.75) is 45.4 Å². The van der Waals surface area contributed by atoms with Gasteiger partial charge in [-0.3, -0.25) is 9.59 Å². The van der Waals surface area contributed by atoms with Crippen LogP contribution in [-0.2, 0) is 20.4 Å². The summed E-state index contributed by atoms with van der Waals surface area (Å²) in [6, 6.07) is 10.5. The summed E-state index contributed by atoms with van der Waals surface area (Å²) >= 11 is 0. The van der Waals surface area contributed by atoms with Crippen molar-refractivity contribution < 1.29 is 33.9 Å². The van der Waals surface area contributed by atoms with Crippen LogP contribution in [-0.4, -0.2) is 52.3 Å². The minimum atomic E-state index is -0.999. The SMILES string of the molecule is CCN1/C(=C/C2=C(O)C(=C\C3=[N+](C)c4ccc(C(=O)O)cc4C3(C)C)/C2=O)C(C)(C)c2cc(OC=O)ccc21. The quantitative estimate of drug-likeness (QED) is 0.311. The molecule has 3 aliphatic rings. The molecule has 0 saturated carbocycles. The van der Waals surface area contributed by atoms with Crippen LogP contribution < -0.4 is 9.64 Å². The third kappa shape index (κ3) is 3.73. The molecule has 5 rings (SSSR count). The fraction of sp³-hybridized carbons (Fsp3) is 0.290. The third-order valence-corrected chi connectivity index (χ3v) is 8.21. The first kappa shape index (κ1) is 26.2. The predicted octanol–water partition coefficient (Wildman–Crippen LogP) is 4.95. The summed E-state index contributed by atoms with van der Waals surface area (Å²) in [5.74, 6) is -0.884. The van der Waals surface area contributed by atoms with E-state index in [1.807, 2.05) is 58.4 Å². The van der Waals surface area contributed by atoms with Crippen molar-refractivity contribution in [1.29, 1.82) is 0 Å². The Morgan fingerprint density at radius 1 is 1.05 bits per heavy atom. The van der Waals surface area contributed by atoms with Gasteiger partial charge in [-0.05, 0) is 62.7 Å². The normalized spacial score (nSPS) is 20.9. The van der Waals surface area contributed by atoms with Crippen LogP contribution in [0.3, 0.4) is 0 Å². The Hall–Kier alpha value is -4.46. The summed E-state index contributed by atoms with van der Waals surface area (Å²) in [5, 5.41) is 20.5. The van der Waals surface area contributed by atoms with Gasteiger partial charge in [0.1, 0.15) is 18.6 Å². The van der Waals surface area contributed by atoms with Gasteiger partial charge in [-0.15, -0.1) is 0 Å². The molecule has 0 amide bonds. The number of carbonyl (C=O) groups excluding carboxylic acids is 2. The molecule has 8 nitrogen and oxygen atoms in total. The lowest BCUT2D eigenvalue weighted by Crippen LogP contribution is -2.31. The van der Waals surface area contributed by atoms with E-state index >= 15 is 0 Å². The Labute approximate surface area is 226 Å². The van der Waals surface area contributed by atoms with Gasteiger partial charge >= 0.3 is 5.97 Å². The first-order valence-corrected chi connectivity index (χ1v) is 12.8. The lowest BCUT2D eigenvalue weighted by Gasteiger charge is -2.28. The van der Waals surface area contributed by atoms with Gasteiger partial charge in [-0.1, -0.05) is 13.8 Å². The van der Waals surface area contributed by atoms with E-state index in [1.54, 1.807) is 36.4 Å². The maximum Gasteiger partial charge on any atom is 0.335 e. The van der Waals surface area contributed by atoms with Crippen molar-refractivity contribution in [2.75, 3.05) is 18.5 Å². The summed E-state index contributed by atoms with van der Waals surface area (Å²) in [4.78, 5) is 37.9. The molecule has 2 heterocycles. The molecule has 2 N–H and O–H groups in total. The number of carboxylic acids is 1. The average molecular weight is 528 g/mol. The number of aliphatic hydroxyl groups is 1. The number of ether oxygens (including phenoxy) is 1. The summed E-state index contributed by atoms with van der Waals surface area (Å²) < 4.78 is 6.99. The van der Waals surface area contributed by atoms with Crippen molar-refractivity contribution in [3.05, 3.63) is 87.8 Å². The number of nitrogens with zero attached hydrogens (tertiary/aromatic N) is 2. The van der Waals surface area contributed by atoms with E-state index in [0.29, 0.717) is 18.8 Å². The van der Waals surface area contributed by atoms with Gasteiger partial charge in [0.15, 0.2) is 5.71 Å². The molecule has 0 unspecified atom stereocenters. The van der Waals surface area contributed by atoms with E-state index in [1.165, 1.54) is 0 Å². The van der Waals surface area contributed by atoms with Gasteiger partial charge in [-0.2, -0.15) is 4.58 Å². The number of aliphatic hydroxyl groups excluding tert-OH is 1. The molecule has 0 radical (unpaired) electrons. The van der Waals surface area contributed by atoms with Crippen LogP contribution in [0.5, 0.6) is 5.75 Å². The zero-order valence-corrected chi connectivity index (χ0v) is 22.8. The first-order chi connectivity index (χ1) is 18.3. The minimum Gasteiger partial charge on any atom is -0.506 e. The molecular weight excluding hydrogens is 496 g/mol. The van der Waals surface area contributed by atoms with Gasteiger partial charge in [0.05, 0.1) is 22.1 Å². The van der Waals surface area contributed by atoms with E-state index in [-0.39, 0.29) is 28.3 Å². The molecule has 2 aliphatic heterocycles. The fourth-order valence-electron chi connectivity index (χ4n) is 5.99. The predicted molar refractivity (Wildman–Crippen MR) is 147 cm³/mol. The number of carboxylic acid groups (broad SMARTS) is 1. The molecule has 0 spiro atoms. The van der Waals surface area contributed by atoms with Crippen LogP contribution in [0.25, 0.3) is 0 Å². The summed E-state index contributed by atoms with van der Waals surface area (Å²) in [5.41, 5.74) is 4.84. The molecule has 0 saturated heterocycles. The lowest BCUT2D eigenvalue weighted by molar-refractivity contribution is -0.401. The molecule has 0 aromatic heterocycles. The molecule has 39 heavy (non-hydrogen) atoms. The number of anilines is 1. The Morgan fingerprint density at radius 3 is 2.38 bits per heavy atom. The Kier molecular flexibility index (Phi) is 5.90. The number of likely N-dealkylation sites (N-methyl/N-ethyl adjacent to an activating group) is 1. The molecular formula is C31H31N2O6+. The number of ketones is 1. The average Bonchev–Trinajstić information content (AvgIpc) is 3.22. The number of aromatic carboxylic acids is 1. The molecule has 0 atom stereocenters. The van der Waals surface area contributed by atoms with Crippen molar-refractivity contribution in [1.82, 2.24) is 0 Å². The van der Waals surface area contributed by atoms with Gasteiger partial charge in [0, 0.05) is 41.1 Å². The van der Waals surface area contributed by atoms with Crippen molar-refractivity contribution >= 4 is 35.3 Å². The molecule has 0 fully saturated rings. The minimum absolute atomic E-state index is 0.0702. The zero-order chi connectivity index (χ0) is 28.4. The maximum absolute atomic E-state index is 13.4. The van der Waals surface area contributed by atoms with E-state index in [4.69, 9.17) is 4.74 Å². The number of allylic oxidation sites excluding steroid dienone is 5. The molecule has 200 valence electrons. The Bertz CT molecular complexity index is 1600. The maximum atomic E-state index is 13.4. The van der Waals surface area contributed by atoms with Crippen LogP contribution in [0.2, 0.25) is 0 Å². The highest BCUT2D eigenvalue weighted by atomic mass is 16.5. The number of carbonyl (C=O) groups is 3. The lowest BCUT2D eigenvalue weighted by atomic mass is 9.77. The summed E-state index contributed by atoms with van der Waals surface area (Å²) in [7, 11) is 1.87. The van der Waals surface area contributed by atoms with E-state index < -0.39 is 16.8 Å². The monoisotopic (exact) mass is 527 g/mol. The standard InChI is InChI=1S/C31H30N2O6/c1-7-33-24-11-9-18(39-16-34)13-22(24)31(4,5)26(33)15-20-27(35)19(28(20)36)14-25-30(2,3)21-12-17(29(37)38)8-10-23(21)32(25)6/h8-16H,7H2,1-6H3,(H-,35,36,37,38)/p+1. The fourth-order valence-corrected chi connectivity index (χ4v) is 5.99. The molecule has 2 aromatic carbocycles. The van der Waals surface area contributed by atoms with Gasteiger partial charge in [0.25, 0.3) is 6.47 Å². The highest BCUT2D eigenvalue weighted by Crippen LogP contribution is 2.50. The van der Waals surface area contributed by atoms with Gasteiger partial charge in [-0.25, -0.2) is 4.79 Å². The smallest absolute Gasteiger partial charge is 0.335 e. The Balaban J connectivity index is 1.54. The number of benzene rings is 2. The van der Waals surface area contributed by atoms with Crippen molar-refractivity contribution in [3.63, 3.8) is 0 Å². The summed E-state index contributed by atoms with van der Waals surface area (Å²) in [6.07, 6.45) is 3.45. The van der Waals surface area contributed by atoms with Crippen molar-refractivity contribution in [3.8, 4) is 5.75 Å². The zero-order valence-electron chi connectivity index (χ0n) is 22.8. The van der Waals surface area contributed by atoms with Crippen LogP contribution >= 0.6 is 0 Å². The number of Topliss-reactive ketones (excluding diaryl/α,β-unsaturated/α-hetero) is 1. The Morgan fingerprint density at radius 2 is 1.77 bits per heavy atom. The summed E-state index contributed by atoms with van der Waals surface area (Å²) in [6.45, 7) is 11.1. The number of hydrogen-bond acceptors (Lipinski definition) is 6. The van der Waals surface area contributed by atoms with Crippen LogP contribution in [0.15, 0.2) is 71.2 Å². The molecule has 1 aliphatic carbocycles. The van der Waals surface area contributed by atoms with Gasteiger partial charge < -0.3 is 19.8 Å². The molecule has 2 aromatic rings. The third-order valence-electron chi connectivity index (χ3n) is 8.21. The number of rotatable bonds is 6. The molecule has 8 heteroatoms. The van der Waals surface area contributed by atoms with Crippen LogP contribution in [0, 0.1) is 0 Å². The second kappa shape index (κ2) is 8.80. The second-order valence-corrected chi connectivity index (χ2v) is 11.0. The van der Waals surface area contributed by atoms with E-state index in [0.717, 1.165) is 33.9 Å².